The number of amides is 1. The van der Waals surface area contributed by atoms with Crippen LogP contribution in [0.15, 0.2) is 54.7 Å². The average Bonchev–Trinajstić information content (AvgIpc) is 3.22. The third kappa shape index (κ3) is 5.42. The molecular formula is C21H22ClN3O4. The first kappa shape index (κ1) is 20.5. The normalized spacial score (nSPS) is 10.4. The molecule has 1 heterocycles. The molecule has 0 radical (unpaired) electrons. The molecule has 152 valence electrons. The number of hydrogen-bond donors (Lipinski definition) is 1. The van der Waals surface area contributed by atoms with E-state index < -0.39 is 0 Å². The fraction of sp³-hybridized carbons (Fsp3) is 0.238. The van der Waals surface area contributed by atoms with Gasteiger partial charge < -0.3 is 19.5 Å². The first-order chi connectivity index (χ1) is 14.1. The van der Waals surface area contributed by atoms with Gasteiger partial charge in [-0.2, -0.15) is 5.10 Å². The van der Waals surface area contributed by atoms with Gasteiger partial charge in [0.2, 0.25) is 0 Å². The Balaban J connectivity index is 1.49. The molecule has 29 heavy (non-hydrogen) atoms. The summed E-state index contributed by atoms with van der Waals surface area (Å²) in [6.45, 7) is 0.625. The van der Waals surface area contributed by atoms with E-state index in [0.29, 0.717) is 40.9 Å². The standard InChI is InChI=1S/C21H22ClN3O4/c1-27-19-8-7-15(13-20(19)28-2)9-11-23-21(26)17-10-12-25(24-17)14-29-18-6-4-3-5-16(18)22/h3-8,10,12-13H,9,11,14H2,1-2H3,(H,23,26). The molecule has 0 aliphatic rings. The minimum Gasteiger partial charge on any atom is -0.493 e. The second-order valence-electron chi connectivity index (χ2n) is 6.14. The number of methoxy groups -OCH3 is 2. The zero-order valence-electron chi connectivity index (χ0n) is 16.2. The lowest BCUT2D eigenvalue weighted by molar-refractivity contribution is 0.0947. The monoisotopic (exact) mass is 415 g/mol. The highest BCUT2D eigenvalue weighted by molar-refractivity contribution is 6.32. The molecule has 0 fully saturated rings. The average molecular weight is 416 g/mol. The van der Waals surface area contributed by atoms with Crippen LogP contribution in [0.4, 0.5) is 0 Å². The van der Waals surface area contributed by atoms with E-state index in [-0.39, 0.29) is 12.6 Å². The van der Waals surface area contributed by atoms with Gasteiger partial charge in [0.05, 0.1) is 19.2 Å². The van der Waals surface area contributed by atoms with E-state index in [1.54, 1.807) is 38.6 Å². The second-order valence-corrected chi connectivity index (χ2v) is 6.55. The Morgan fingerprint density at radius 2 is 1.86 bits per heavy atom. The van der Waals surface area contributed by atoms with Crippen molar-refractivity contribution in [3.05, 3.63) is 71.0 Å². The number of carbonyl (C=O) groups is 1. The summed E-state index contributed by atoms with van der Waals surface area (Å²) in [7, 11) is 3.19. The van der Waals surface area contributed by atoms with Gasteiger partial charge in [-0.25, -0.2) is 4.68 Å². The lowest BCUT2D eigenvalue weighted by atomic mass is 10.1. The maximum atomic E-state index is 12.3. The molecule has 0 unspecified atom stereocenters. The van der Waals surface area contributed by atoms with E-state index in [4.69, 9.17) is 25.8 Å². The summed E-state index contributed by atoms with van der Waals surface area (Å²) in [5.41, 5.74) is 1.35. The van der Waals surface area contributed by atoms with Crippen molar-refractivity contribution in [3.63, 3.8) is 0 Å². The quantitative estimate of drug-likeness (QED) is 0.578. The lowest BCUT2D eigenvalue weighted by Gasteiger charge is -2.10. The maximum absolute atomic E-state index is 12.3. The fourth-order valence-electron chi connectivity index (χ4n) is 2.70. The summed E-state index contributed by atoms with van der Waals surface area (Å²) in [5, 5.41) is 7.61. The van der Waals surface area contributed by atoms with Gasteiger partial charge in [-0.05, 0) is 42.3 Å². The Labute approximate surface area is 174 Å². The van der Waals surface area contributed by atoms with Crippen LogP contribution >= 0.6 is 11.6 Å². The Morgan fingerprint density at radius 3 is 2.62 bits per heavy atom. The minimum atomic E-state index is -0.248. The summed E-state index contributed by atoms with van der Waals surface area (Å²) in [5.74, 6) is 1.64. The molecule has 0 atom stereocenters. The van der Waals surface area contributed by atoms with Crippen molar-refractivity contribution in [3.8, 4) is 17.2 Å². The lowest BCUT2D eigenvalue weighted by Crippen LogP contribution is -2.26. The molecule has 1 aromatic heterocycles. The van der Waals surface area contributed by atoms with Crippen LogP contribution in [-0.2, 0) is 13.2 Å². The van der Waals surface area contributed by atoms with E-state index in [2.05, 4.69) is 10.4 Å². The van der Waals surface area contributed by atoms with Gasteiger partial charge in [-0.1, -0.05) is 29.8 Å². The predicted octanol–water partition coefficient (Wildman–Crippen LogP) is 3.56. The fourth-order valence-corrected chi connectivity index (χ4v) is 2.89. The van der Waals surface area contributed by atoms with Gasteiger partial charge in [0.15, 0.2) is 18.2 Å². The van der Waals surface area contributed by atoms with Crippen molar-refractivity contribution in [2.45, 2.75) is 13.2 Å². The number of rotatable bonds is 9. The summed E-state index contributed by atoms with van der Waals surface area (Å²) < 4.78 is 17.7. The largest absolute Gasteiger partial charge is 0.493 e. The molecule has 2 aromatic carbocycles. The Bertz CT molecular complexity index is 974. The smallest absolute Gasteiger partial charge is 0.271 e. The van der Waals surface area contributed by atoms with E-state index in [1.165, 1.54) is 4.68 Å². The van der Waals surface area contributed by atoms with Crippen molar-refractivity contribution in [1.82, 2.24) is 15.1 Å². The number of halogens is 1. The van der Waals surface area contributed by atoms with Crippen LogP contribution < -0.4 is 19.5 Å². The number of para-hydroxylation sites is 1. The van der Waals surface area contributed by atoms with Gasteiger partial charge in [0, 0.05) is 12.7 Å². The number of benzene rings is 2. The summed E-state index contributed by atoms with van der Waals surface area (Å²) in [6.07, 6.45) is 2.34. The van der Waals surface area contributed by atoms with Gasteiger partial charge in [-0.3, -0.25) is 4.79 Å². The summed E-state index contributed by atoms with van der Waals surface area (Å²) in [6, 6.07) is 14.5. The number of hydrogen-bond acceptors (Lipinski definition) is 5. The maximum Gasteiger partial charge on any atom is 0.271 e. The van der Waals surface area contributed by atoms with Crippen LogP contribution in [0.5, 0.6) is 17.2 Å². The van der Waals surface area contributed by atoms with Crippen LogP contribution in [0.25, 0.3) is 0 Å². The highest BCUT2D eigenvalue weighted by Crippen LogP contribution is 2.27. The first-order valence-electron chi connectivity index (χ1n) is 9.00. The second kappa shape index (κ2) is 9.84. The molecule has 0 saturated heterocycles. The number of carbonyl (C=O) groups excluding carboxylic acids is 1. The Kier molecular flexibility index (Phi) is 6.97. The molecule has 3 aromatic rings. The van der Waals surface area contributed by atoms with Gasteiger partial charge in [-0.15, -0.1) is 0 Å². The van der Waals surface area contributed by atoms with Crippen LogP contribution in [0.1, 0.15) is 16.1 Å². The minimum absolute atomic E-state index is 0.155. The highest BCUT2D eigenvalue weighted by Gasteiger charge is 2.10. The van der Waals surface area contributed by atoms with E-state index in [0.717, 1.165) is 5.56 Å². The van der Waals surface area contributed by atoms with Crippen LogP contribution in [0.2, 0.25) is 5.02 Å². The highest BCUT2D eigenvalue weighted by atomic mass is 35.5. The van der Waals surface area contributed by atoms with E-state index in [1.807, 2.05) is 30.3 Å². The van der Waals surface area contributed by atoms with Crippen LogP contribution in [0, 0.1) is 0 Å². The molecule has 0 spiro atoms. The van der Waals surface area contributed by atoms with Crippen molar-refractivity contribution < 1.29 is 19.0 Å². The van der Waals surface area contributed by atoms with Crippen LogP contribution in [-0.4, -0.2) is 36.5 Å². The molecule has 1 N–H and O–H groups in total. The Morgan fingerprint density at radius 1 is 1.07 bits per heavy atom. The third-order valence-corrected chi connectivity index (χ3v) is 4.52. The SMILES string of the molecule is COc1ccc(CCNC(=O)c2ccn(COc3ccccc3Cl)n2)cc1OC. The predicted molar refractivity (Wildman–Crippen MR) is 110 cm³/mol. The number of ether oxygens (including phenoxy) is 3. The number of nitrogens with zero attached hydrogens (tertiary/aromatic N) is 2. The summed E-state index contributed by atoms with van der Waals surface area (Å²) >= 11 is 6.06. The van der Waals surface area contributed by atoms with Crippen molar-refractivity contribution >= 4 is 17.5 Å². The topological polar surface area (TPSA) is 74.6 Å². The molecule has 0 aliphatic heterocycles. The molecule has 8 heteroatoms. The molecule has 0 aliphatic carbocycles. The molecule has 3 rings (SSSR count). The van der Waals surface area contributed by atoms with Crippen molar-refractivity contribution in [2.75, 3.05) is 20.8 Å². The van der Waals surface area contributed by atoms with Crippen molar-refractivity contribution in [2.24, 2.45) is 0 Å². The summed E-state index contributed by atoms with van der Waals surface area (Å²) in [4.78, 5) is 12.3. The first-order valence-corrected chi connectivity index (χ1v) is 9.38. The molecular weight excluding hydrogens is 394 g/mol. The molecule has 1 amide bonds. The van der Waals surface area contributed by atoms with Gasteiger partial charge in [0.1, 0.15) is 11.4 Å². The molecule has 7 nitrogen and oxygen atoms in total. The van der Waals surface area contributed by atoms with Gasteiger partial charge >= 0.3 is 0 Å². The van der Waals surface area contributed by atoms with E-state index >= 15 is 0 Å². The zero-order valence-corrected chi connectivity index (χ0v) is 17.0. The molecule has 0 bridgehead atoms. The third-order valence-electron chi connectivity index (χ3n) is 4.21. The van der Waals surface area contributed by atoms with E-state index in [9.17, 15) is 4.79 Å². The Hall–Kier alpha value is -3.19. The number of nitrogens with one attached hydrogen (secondary N) is 1. The molecule has 0 saturated carbocycles. The van der Waals surface area contributed by atoms with Crippen LogP contribution in [0.3, 0.4) is 0 Å². The van der Waals surface area contributed by atoms with Crippen molar-refractivity contribution in [1.29, 1.82) is 0 Å². The van der Waals surface area contributed by atoms with Gasteiger partial charge in [0.25, 0.3) is 5.91 Å². The number of aromatic nitrogens is 2. The zero-order chi connectivity index (χ0) is 20.6.